The Morgan fingerprint density at radius 3 is 2.94 bits per heavy atom. The van der Waals surface area contributed by atoms with E-state index in [2.05, 4.69) is 15.7 Å². The second kappa shape index (κ2) is 9.05. The third-order valence-corrected chi connectivity index (χ3v) is 3.45. The number of rotatable bonds is 9. The van der Waals surface area contributed by atoms with Gasteiger partial charge in [-0.05, 0) is 33.2 Å². The first kappa shape index (κ1) is 15.1. The molecule has 0 aliphatic carbocycles. The highest BCUT2D eigenvalue weighted by Gasteiger charge is 2.01. The minimum Gasteiger partial charge on any atom is -0.466 e. The van der Waals surface area contributed by atoms with Gasteiger partial charge in [-0.25, -0.2) is 4.98 Å². The van der Waals surface area contributed by atoms with E-state index >= 15 is 0 Å². The van der Waals surface area contributed by atoms with Gasteiger partial charge in [0.2, 0.25) is 0 Å². The minimum atomic E-state index is -0.0799. The van der Waals surface area contributed by atoms with Gasteiger partial charge >= 0.3 is 5.97 Å². The number of carbonyl (C=O) groups excluding carboxylic acids is 1. The van der Waals surface area contributed by atoms with Gasteiger partial charge in [-0.3, -0.25) is 4.79 Å². The number of aryl methyl sites for hydroxylation is 1. The lowest BCUT2D eigenvalue weighted by Gasteiger charge is -2.03. The maximum atomic E-state index is 11.1. The fourth-order valence-electron chi connectivity index (χ4n) is 1.61. The molecule has 0 atom stereocenters. The molecule has 0 aliphatic heterocycles. The van der Waals surface area contributed by atoms with Crippen LogP contribution >= 0.6 is 11.3 Å². The number of hydrogen-bond acceptors (Lipinski definition) is 5. The van der Waals surface area contributed by atoms with E-state index in [4.69, 9.17) is 4.74 Å². The number of nitrogens with one attached hydrogen (secondary N) is 1. The third-order valence-electron chi connectivity index (χ3n) is 2.48. The quantitative estimate of drug-likeness (QED) is 0.553. The number of hydrogen-bond donors (Lipinski definition) is 1. The van der Waals surface area contributed by atoms with Crippen LogP contribution < -0.4 is 5.32 Å². The zero-order valence-electron chi connectivity index (χ0n) is 11.2. The third kappa shape index (κ3) is 6.71. The summed E-state index contributed by atoms with van der Waals surface area (Å²) in [5.74, 6) is -0.0799. The fourth-order valence-corrected chi connectivity index (χ4v) is 2.35. The molecule has 0 saturated heterocycles. The SMILES string of the molecule is CCOC(=O)CCCCCNCc1nc(C)cs1. The minimum absolute atomic E-state index is 0.0799. The fraction of sp³-hybridized carbons (Fsp3) is 0.692. The number of ether oxygens (including phenoxy) is 1. The Bertz CT molecular complexity index is 353. The molecule has 0 aromatic carbocycles. The molecule has 1 heterocycles. The molecule has 1 aromatic rings. The summed E-state index contributed by atoms with van der Waals surface area (Å²) in [6, 6.07) is 0. The molecule has 5 heteroatoms. The van der Waals surface area contributed by atoms with E-state index in [1.54, 1.807) is 11.3 Å². The predicted molar refractivity (Wildman–Crippen MR) is 73.7 cm³/mol. The standard InChI is InChI=1S/C13H22N2O2S/c1-3-17-13(16)7-5-4-6-8-14-9-12-15-11(2)10-18-12/h10,14H,3-9H2,1-2H3. The Balaban J connectivity index is 1.91. The molecule has 0 fully saturated rings. The van der Waals surface area contributed by atoms with Crippen molar-refractivity contribution in [3.63, 3.8) is 0 Å². The van der Waals surface area contributed by atoms with Gasteiger partial charge in [0.05, 0.1) is 6.61 Å². The first-order valence-electron chi connectivity index (χ1n) is 6.49. The van der Waals surface area contributed by atoms with Gasteiger partial charge in [0.15, 0.2) is 0 Å². The average Bonchev–Trinajstić information content (AvgIpc) is 2.74. The number of aromatic nitrogens is 1. The Kier molecular flexibility index (Phi) is 7.60. The van der Waals surface area contributed by atoms with Crippen LogP contribution in [0.2, 0.25) is 0 Å². The Labute approximate surface area is 113 Å². The second-order valence-electron chi connectivity index (χ2n) is 4.18. The number of thiazole rings is 1. The highest BCUT2D eigenvalue weighted by atomic mass is 32.1. The molecule has 0 amide bonds. The van der Waals surface area contributed by atoms with Crippen LogP contribution in [0, 0.1) is 6.92 Å². The molecule has 18 heavy (non-hydrogen) atoms. The topological polar surface area (TPSA) is 51.2 Å². The molecule has 0 saturated carbocycles. The van der Waals surface area contributed by atoms with E-state index < -0.39 is 0 Å². The Morgan fingerprint density at radius 1 is 1.44 bits per heavy atom. The van der Waals surface area contributed by atoms with Crippen LogP contribution in [0.1, 0.15) is 43.3 Å². The molecule has 0 spiro atoms. The molecule has 0 bridgehead atoms. The monoisotopic (exact) mass is 270 g/mol. The van der Waals surface area contributed by atoms with E-state index in [-0.39, 0.29) is 5.97 Å². The van der Waals surface area contributed by atoms with Crippen molar-refractivity contribution in [1.29, 1.82) is 0 Å². The Morgan fingerprint density at radius 2 is 2.28 bits per heavy atom. The van der Waals surface area contributed by atoms with Gasteiger partial charge in [-0.1, -0.05) is 6.42 Å². The number of esters is 1. The van der Waals surface area contributed by atoms with Crippen molar-refractivity contribution < 1.29 is 9.53 Å². The normalized spacial score (nSPS) is 10.6. The molecular formula is C13H22N2O2S. The first-order chi connectivity index (χ1) is 8.72. The smallest absolute Gasteiger partial charge is 0.305 e. The summed E-state index contributed by atoms with van der Waals surface area (Å²) < 4.78 is 4.87. The number of nitrogens with zero attached hydrogens (tertiary/aromatic N) is 1. The van der Waals surface area contributed by atoms with Crippen LogP contribution in [-0.4, -0.2) is 24.1 Å². The van der Waals surface area contributed by atoms with Gasteiger partial charge < -0.3 is 10.1 Å². The van der Waals surface area contributed by atoms with E-state index in [9.17, 15) is 4.79 Å². The van der Waals surface area contributed by atoms with Crippen LogP contribution in [0.4, 0.5) is 0 Å². The van der Waals surface area contributed by atoms with E-state index in [1.807, 2.05) is 13.8 Å². The van der Waals surface area contributed by atoms with Gasteiger partial charge in [0, 0.05) is 24.0 Å². The molecule has 4 nitrogen and oxygen atoms in total. The summed E-state index contributed by atoms with van der Waals surface area (Å²) in [5, 5.41) is 6.56. The van der Waals surface area contributed by atoms with Crippen LogP contribution in [0.25, 0.3) is 0 Å². The van der Waals surface area contributed by atoms with Crippen LogP contribution in [0.3, 0.4) is 0 Å². The molecule has 0 aliphatic rings. The van der Waals surface area contributed by atoms with Crippen molar-refractivity contribution in [2.75, 3.05) is 13.2 Å². The van der Waals surface area contributed by atoms with E-state index in [0.717, 1.165) is 43.1 Å². The second-order valence-corrected chi connectivity index (χ2v) is 5.12. The number of carbonyl (C=O) groups is 1. The molecule has 1 rings (SSSR count). The lowest BCUT2D eigenvalue weighted by Crippen LogP contribution is -2.14. The molecule has 1 aromatic heterocycles. The zero-order valence-corrected chi connectivity index (χ0v) is 12.0. The zero-order chi connectivity index (χ0) is 13.2. The summed E-state index contributed by atoms with van der Waals surface area (Å²) in [4.78, 5) is 15.5. The van der Waals surface area contributed by atoms with Crippen molar-refractivity contribution in [2.24, 2.45) is 0 Å². The molecule has 0 unspecified atom stereocenters. The largest absolute Gasteiger partial charge is 0.466 e. The van der Waals surface area contributed by atoms with Gasteiger partial charge in [-0.2, -0.15) is 0 Å². The summed E-state index contributed by atoms with van der Waals surface area (Å²) in [6.45, 7) is 6.14. The summed E-state index contributed by atoms with van der Waals surface area (Å²) in [6.07, 6.45) is 3.60. The highest BCUT2D eigenvalue weighted by molar-refractivity contribution is 7.09. The summed E-state index contributed by atoms with van der Waals surface area (Å²) in [5.41, 5.74) is 1.09. The van der Waals surface area contributed by atoms with Gasteiger partial charge in [-0.15, -0.1) is 11.3 Å². The van der Waals surface area contributed by atoms with Crippen LogP contribution in [0.15, 0.2) is 5.38 Å². The van der Waals surface area contributed by atoms with Crippen LogP contribution in [-0.2, 0) is 16.1 Å². The van der Waals surface area contributed by atoms with Gasteiger partial charge in [0.1, 0.15) is 5.01 Å². The summed E-state index contributed by atoms with van der Waals surface area (Å²) >= 11 is 1.69. The number of unbranched alkanes of at least 4 members (excludes halogenated alkanes) is 2. The molecular weight excluding hydrogens is 248 g/mol. The average molecular weight is 270 g/mol. The van der Waals surface area contributed by atoms with Crippen molar-refractivity contribution in [1.82, 2.24) is 10.3 Å². The van der Waals surface area contributed by atoms with Crippen molar-refractivity contribution in [3.05, 3.63) is 16.1 Å². The van der Waals surface area contributed by atoms with Gasteiger partial charge in [0.25, 0.3) is 0 Å². The van der Waals surface area contributed by atoms with Crippen molar-refractivity contribution in [2.45, 2.75) is 46.1 Å². The first-order valence-corrected chi connectivity index (χ1v) is 7.37. The molecule has 102 valence electrons. The van der Waals surface area contributed by atoms with E-state index in [1.165, 1.54) is 0 Å². The lowest BCUT2D eigenvalue weighted by molar-refractivity contribution is -0.143. The Hall–Kier alpha value is -0.940. The molecule has 0 radical (unpaired) electrons. The summed E-state index contributed by atoms with van der Waals surface area (Å²) in [7, 11) is 0. The van der Waals surface area contributed by atoms with Crippen molar-refractivity contribution in [3.8, 4) is 0 Å². The molecule has 1 N–H and O–H groups in total. The van der Waals surface area contributed by atoms with E-state index in [0.29, 0.717) is 13.0 Å². The maximum Gasteiger partial charge on any atom is 0.305 e. The predicted octanol–water partition coefficient (Wildman–Crippen LogP) is 2.66. The highest BCUT2D eigenvalue weighted by Crippen LogP contribution is 2.08. The van der Waals surface area contributed by atoms with Crippen molar-refractivity contribution >= 4 is 17.3 Å². The maximum absolute atomic E-state index is 11.1. The van der Waals surface area contributed by atoms with Crippen LogP contribution in [0.5, 0.6) is 0 Å². The lowest BCUT2D eigenvalue weighted by atomic mass is 10.2.